The first-order chi connectivity index (χ1) is 7.39. The lowest BCUT2D eigenvalue weighted by molar-refractivity contribution is -0.136. The second-order valence-electron chi connectivity index (χ2n) is 3.86. The van der Waals surface area contributed by atoms with Gasteiger partial charge in [0.15, 0.2) is 0 Å². The zero-order valence-electron chi connectivity index (χ0n) is 8.80. The van der Waals surface area contributed by atoms with Crippen LogP contribution in [-0.4, -0.2) is 4.98 Å². The predicted octanol–water partition coefficient (Wildman–Crippen LogP) is 4.44. The Morgan fingerprint density at radius 2 is 1.94 bits per heavy atom. The van der Waals surface area contributed by atoms with Gasteiger partial charge < -0.3 is 0 Å². The third kappa shape index (κ3) is 1.91. The SMILES string of the molecule is CC(C)c1nc2c(C(F)(F)F)cccc2s1. The number of hydrogen-bond acceptors (Lipinski definition) is 2. The summed E-state index contributed by atoms with van der Waals surface area (Å²) in [7, 11) is 0. The molecule has 0 fully saturated rings. The van der Waals surface area contributed by atoms with Gasteiger partial charge in [-0.1, -0.05) is 19.9 Å². The Morgan fingerprint density at radius 1 is 1.25 bits per heavy atom. The van der Waals surface area contributed by atoms with Gasteiger partial charge in [0.2, 0.25) is 0 Å². The van der Waals surface area contributed by atoms with E-state index in [4.69, 9.17) is 0 Å². The molecule has 0 aliphatic rings. The Labute approximate surface area is 94.9 Å². The highest BCUT2D eigenvalue weighted by Gasteiger charge is 2.33. The smallest absolute Gasteiger partial charge is 0.240 e. The molecule has 0 atom stereocenters. The first kappa shape index (κ1) is 11.4. The van der Waals surface area contributed by atoms with E-state index in [1.54, 1.807) is 6.07 Å². The molecule has 0 aliphatic carbocycles. The summed E-state index contributed by atoms with van der Waals surface area (Å²) in [5.41, 5.74) is -0.572. The van der Waals surface area contributed by atoms with Crippen LogP contribution < -0.4 is 0 Å². The van der Waals surface area contributed by atoms with Crippen LogP contribution >= 0.6 is 11.3 Å². The molecule has 2 aromatic rings. The third-order valence-electron chi connectivity index (χ3n) is 2.23. The van der Waals surface area contributed by atoms with Crippen molar-refractivity contribution in [2.24, 2.45) is 0 Å². The average molecular weight is 245 g/mol. The summed E-state index contributed by atoms with van der Waals surface area (Å²) in [6.07, 6.45) is -4.33. The lowest BCUT2D eigenvalue weighted by Gasteiger charge is -2.06. The van der Waals surface area contributed by atoms with Crippen LogP contribution in [-0.2, 0) is 6.18 Å². The van der Waals surface area contributed by atoms with Crippen LogP contribution in [0.5, 0.6) is 0 Å². The molecule has 0 radical (unpaired) electrons. The van der Waals surface area contributed by atoms with E-state index in [0.717, 1.165) is 11.1 Å². The molecule has 1 aromatic carbocycles. The van der Waals surface area contributed by atoms with Crippen molar-refractivity contribution in [3.05, 3.63) is 28.8 Å². The molecule has 0 saturated heterocycles. The van der Waals surface area contributed by atoms with Crippen molar-refractivity contribution in [1.29, 1.82) is 0 Å². The molecule has 16 heavy (non-hydrogen) atoms. The maximum absolute atomic E-state index is 12.7. The summed E-state index contributed by atoms with van der Waals surface area (Å²) in [6, 6.07) is 4.17. The summed E-state index contributed by atoms with van der Waals surface area (Å²) in [6.45, 7) is 3.84. The zero-order chi connectivity index (χ0) is 11.9. The molecule has 1 aromatic heterocycles. The maximum atomic E-state index is 12.7. The van der Waals surface area contributed by atoms with E-state index in [1.807, 2.05) is 13.8 Å². The maximum Gasteiger partial charge on any atom is 0.418 e. The number of hydrogen-bond donors (Lipinski definition) is 0. The van der Waals surface area contributed by atoms with Gasteiger partial charge >= 0.3 is 6.18 Å². The van der Waals surface area contributed by atoms with Gasteiger partial charge in [-0.05, 0) is 12.1 Å². The van der Waals surface area contributed by atoms with Crippen LogP contribution in [0.2, 0.25) is 0 Å². The molecule has 0 N–H and O–H groups in total. The van der Waals surface area contributed by atoms with Crippen LogP contribution in [0.1, 0.15) is 30.3 Å². The van der Waals surface area contributed by atoms with Crippen LogP contribution in [0.4, 0.5) is 13.2 Å². The first-order valence-electron chi connectivity index (χ1n) is 4.86. The Hall–Kier alpha value is -1.10. The Kier molecular flexibility index (Phi) is 2.66. The monoisotopic (exact) mass is 245 g/mol. The lowest BCUT2D eigenvalue weighted by atomic mass is 10.2. The predicted molar refractivity (Wildman–Crippen MR) is 58.7 cm³/mol. The van der Waals surface area contributed by atoms with Crippen LogP contribution in [0.15, 0.2) is 18.2 Å². The molecule has 0 spiro atoms. The summed E-state index contributed by atoms with van der Waals surface area (Å²) in [5.74, 6) is 0.151. The third-order valence-corrected chi connectivity index (χ3v) is 3.56. The number of thiazole rings is 1. The van der Waals surface area contributed by atoms with Gasteiger partial charge in [0.1, 0.15) is 0 Å². The molecular weight excluding hydrogens is 235 g/mol. The topological polar surface area (TPSA) is 12.9 Å². The number of aromatic nitrogens is 1. The summed E-state index contributed by atoms with van der Waals surface area (Å²) < 4.78 is 38.7. The fraction of sp³-hybridized carbons (Fsp3) is 0.364. The average Bonchev–Trinajstić information content (AvgIpc) is 2.58. The number of fused-ring (bicyclic) bond motifs is 1. The van der Waals surface area contributed by atoms with E-state index in [-0.39, 0.29) is 11.4 Å². The molecule has 0 bridgehead atoms. The van der Waals surface area contributed by atoms with Gasteiger partial charge in [-0.3, -0.25) is 0 Å². The van der Waals surface area contributed by atoms with E-state index in [9.17, 15) is 13.2 Å². The van der Waals surface area contributed by atoms with Crippen molar-refractivity contribution < 1.29 is 13.2 Å². The van der Waals surface area contributed by atoms with Gasteiger partial charge in [0.05, 0.1) is 20.8 Å². The van der Waals surface area contributed by atoms with Crippen molar-refractivity contribution >= 4 is 21.6 Å². The molecule has 2 rings (SSSR count). The largest absolute Gasteiger partial charge is 0.418 e. The molecule has 0 unspecified atom stereocenters. The Bertz CT molecular complexity index is 513. The molecule has 86 valence electrons. The van der Waals surface area contributed by atoms with Crippen molar-refractivity contribution in [2.45, 2.75) is 25.9 Å². The van der Waals surface area contributed by atoms with Gasteiger partial charge in [-0.2, -0.15) is 13.2 Å². The fourth-order valence-corrected chi connectivity index (χ4v) is 2.44. The minimum atomic E-state index is -4.33. The minimum absolute atomic E-state index is 0.0729. The highest BCUT2D eigenvalue weighted by Crippen LogP contribution is 2.37. The Morgan fingerprint density at radius 3 is 2.50 bits per heavy atom. The van der Waals surface area contributed by atoms with E-state index in [0.29, 0.717) is 4.70 Å². The van der Waals surface area contributed by atoms with Crippen molar-refractivity contribution in [3.8, 4) is 0 Å². The molecule has 5 heteroatoms. The van der Waals surface area contributed by atoms with Gasteiger partial charge in [-0.15, -0.1) is 11.3 Å². The van der Waals surface area contributed by atoms with E-state index >= 15 is 0 Å². The standard InChI is InChI=1S/C11H10F3NS/c1-6(2)10-15-9-7(11(12,13)14)4-3-5-8(9)16-10/h3-6H,1-2H3. The van der Waals surface area contributed by atoms with E-state index in [1.165, 1.54) is 17.4 Å². The minimum Gasteiger partial charge on any atom is -0.240 e. The highest BCUT2D eigenvalue weighted by atomic mass is 32.1. The molecular formula is C11H10F3NS. The number of halogens is 3. The van der Waals surface area contributed by atoms with Gasteiger partial charge in [0.25, 0.3) is 0 Å². The number of alkyl halides is 3. The summed E-state index contributed by atoms with van der Waals surface area (Å²) in [4.78, 5) is 4.08. The normalized spacial score (nSPS) is 12.6. The van der Waals surface area contributed by atoms with Crippen LogP contribution in [0.25, 0.3) is 10.2 Å². The molecule has 0 saturated carbocycles. The van der Waals surface area contributed by atoms with E-state index < -0.39 is 11.7 Å². The highest BCUT2D eigenvalue weighted by molar-refractivity contribution is 7.18. The molecule has 0 amide bonds. The van der Waals surface area contributed by atoms with Crippen LogP contribution in [0, 0.1) is 0 Å². The van der Waals surface area contributed by atoms with Crippen LogP contribution in [0.3, 0.4) is 0 Å². The number of para-hydroxylation sites is 1. The summed E-state index contributed by atoms with van der Waals surface area (Å²) >= 11 is 1.32. The van der Waals surface area contributed by atoms with Crippen molar-refractivity contribution in [2.75, 3.05) is 0 Å². The first-order valence-corrected chi connectivity index (χ1v) is 5.68. The lowest BCUT2D eigenvalue weighted by Crippen LogP contribution is -2.05. The molecule has 1 nitrogen and oxygen atoms in total. The second kappa shape index (κ2) is 3.73. The number of nitrogens with zero attached hydrogens (tertiary/aromatic N) is 1. The quantitative estimate of drug-likeness (QED) is 0.723. The fourth-order valence-electron chi connectivity index (χ4n) is 1.44. The second-order valence-corrected chi connectivity index (χ2v) is 4.92. The van der Waals surface area contributed by atoms with Crippen molar-refractivity contribution in [1.82, 2.24) is 4.98 Å². The number of benzene rings is 1. The molecule has 0 aliphatic heterocycles. The van der Waals surface area contributed by atoms with E-state index in [2.05, 4.69) is 4.98 Å². The summed E-state index contributed by atoms with van der Waals surface area (Å²) in [5, 5.41) is 0.742. The van der Waals surface area contributed by atoms with Gasteiger partial charge in [0, 0.05) is 5.92 Å². The van der Waals surface area contributed by atoms with Crippen molar-refractivity contribution in [3.63, 3.8) is 0 Å². The van der Waals surface area contributed by atoms with Gasteiger partial charge in [-0.25, -0.2) is 4.98 Å². The number of rotatable bonds is 1. The molecule has 1 heterocycles. The zero-order valence-corrected chi connectivity index (χ0v) is 9.62. The Balaban J connectivity index is 2.68.